The number of nitro groups is 1. The first-order valence-electron chi connectivity index (χ1n) is 8.01. The molecule has 1 spiro atoms. The van der Waals surface area contributed by atoms with E-state index in [1.807, 2.05) is 0 Å². The number of imide groups is 1. The van der Waals surface area contributed by atoms with Gasteiger partial charge in [-0.25, -0.2) is 9.78 Å². The summed E-state index contributed by atoms with van der Waals surface area (Å²) in [5.41, 5.74) is -0.790. The molecule has 0 atom stereocenters. The molecule has 3 rings (SSSR count). The lowest BCUT2D eigenvalue weighted by Gasteiger charge is -2.20. The summed E-state index contributed by atoms with van der Waals surface area (Å²) in [7, 11) is 0. The molecule has 2 aliphatic rings. The minimum absolute atomic E-state index is 0.0996. The highest BCUT2D eigenvalue weighted by molar-refractivity contribution is 6.07. The smallest absolute Gasteiger partial charge is 0.325 e. The van der Waals surface area contributed by atoms with Crippen LogP contribution < -0.4 is 10.6 Å². The van der Waals surface area contributed by atoms with Gasteiger partial charge in [0.25, 0.3) is 5.91 Å². The fourth-order valence-electron chi connectivity index (χ4n) is 3.32. The van der Waals surface area contributed by atoms with Gasteiger partial charge in [0.1, 0.15) is 5.54 Å². The molecule has 128 valence electrons. The number of hydrogen-bond acceptors (Lipinski definition) is 6. The van der Waals surface area contributed by atoms with E-state index in [0.717, 1.165) is 12.8 Å². The van der Waals surface area contributed by atoms with Crippen molar-refractivity contribution >= 4 is 23.4 Å². The van der Waals surface area contributed by atoms with Crippen LogP contribution in [0.2, 0.25) is 0 Å². The van der Waals surface area contributed by atoms with Crippen molar-refractivity contribution in [2.24, 2.45) is 0 Å². The SMILES string of the molecule is O=C1NC2(CCCC2)C(=O)N1CCCNc1ncccc1[N+](=O)[O-]. The Labute approximate surface area is 138 Å². The molecule has 1 aliphatic heterocycles. The van der Waals surface area contributed by atoms with E-state index in [2.05, 4.69) is 15.6 Å². The predicted octanol–water partition coefficient (Wildman–Crippen LogP) is 1.66. The zero-order valence-corrected chi connectivity index (χ0v) is 13.2. The Morgan fingerprint density at radius 1 is 1.38 bits per heavy atom. The molecule has 0 unspecified atom stereocenters. The predicted molar refractivity (Wildman–Crippen MR) is 85.4 cm³/mol. The highest BCUT2D eigenvalue weighted by Gasteiger charge is 2.51. The quantitative estimate of drug-likeness (QED) is 0.354. The molecule has 1 aliphatic carbocycles. The van der Waals surface area contributed by atoms with Crippen molar-refractivity contribution in [2.45, 2.75) is 37.6 Å². The molecule has 2 fully saturated rings. The number of nitrogens with zero attached hydrogens (tertiary/aromatic N) is 3. The van der Waals surface area contributed by atoms with Gasteiger partial charge in [-0.2, -0.15) is 0 Å². The van der Waals surface area contributed by atoms with Crippen LogP contribution >= 0.6 is 0 Å². The van der Waals surface area contributed by atoms with Crippen molar-refractivity contribution in [1.82, 2.24) is 15.2 Å². The number of carbonyl (C=O) groups is 2. The van der Waals surface area contributed by atoms with Gasteiger partial charge in [-0.05, 0) is 25.3 Å². The monoisotopic (exact) mass is 333 g/mol. The van der Waals surface area contributed by atoms with E-state index in [4.69, 9.17) is 0 Å². The van der Waals surface area contributed by atoms with E-state index in [9.17, 15) is 19.7 Å². The molecule has 3 amide bonds. The molecule has 0 aromatic carbocycles. The molecular weight excluding hydrogens is 314 g/mol. The van der Waals surface area contributed by atoms with Gasteiger partial charge in [0.05, 0.1) is 4.92 Å². The fraction of sp³-hybridized carbons (Fsp3) is 0.533. The van der Waals surface area contributed by atoms with Crippen LogP contribution in [0.3, 0.4) is 0 Å². The van der Waals surface area contributed by atoms with Crippen molar-refractivity contribution in [3.63, 3.8) is 0 Å². The maximum Gasteiger partial charge on any atom is 0.325 e. The summed E-state index contributed by atoms with van der Waals surface area (Å²) in [6.45, 7) is 0.655. The second-order valence-electron chi connectivity index (χ2n) is 6.08. The van der Waals surface area contributed by atoms with Crippen molar-refractivity contribution in [1.29, 1.82) is 0 Å². The number of urea groups is 1. The molecule has 9 heteroatoms. The molecule has 1 aromatic rings. The van der Waals surface area contributed by atoms with Gasteiger partial charge in [0.15, 0.2) is 0 Å². The summed E-state index contributed by atoms with van der Waals surface area (Å²) in [6, 6.07) is 2.53. The number of rotatable bonds is 6. The third-order valence-corrected chi connectivity index (χ3v) is 4.54. The van der Waals surface area contributed by atoms with Crippen LogP contribution in [0.1, 0.15) is 32.1 Å². The normalized spacial score (nSPS) is 18.9. The minimum Gasteiger partial charge on any atom is -0.364 e. The van der Waals surface area contributed by atoms with E-state index in [0.29, 0.717) is 25.8 Å². The number of hydrogen-bond donors (Lipinski definition) is 2. The largest absolute Gasteiger partial charge is 0.364 e. The van der Waals surface area contributed by atoms with Crippen molar-refractivity contribution in [3.8, 4) is 0 Å². The van der Waals surface area contributed by atoms with Crippen LogP contribution in [0.25, 0.3) is 0 Å². The van der Waals surface area contributed by atoms with E-state index in [1.165, 1.54) is 23.2 Å². The molecule has 2 N–H and O–H groups in total. The standard InChI is InChI=1S/C15H19N5O4/c21-13-15(6-1-2-7-15)18-14(22)19(13)10-4-9-17-12-11(20(23)24)5-3-8-16-12/h3,5,8H,1-2,4,6-7,9-10H2,(H,16,17)(H,18,22). The lowest BCUT2D eigenvalue weighted by Crippen LogP contribution is -2.44. The Balaban J connectivity index is 1.53. The van der Waals surface area contributed by atoms with Gasteiger partial charge >= 0.3 is 11.7 Å². The number of amides is 3. The minimum atomic E-state index is -0.690. The number of carbonyl (C=O) groups excluding carboxylic acids is 2. The van der Waals surface area contributed by atoms with E-state index in [1.54, 1.807) is 0 Å². The number of nitrogens with one attached hydrogen (secondary N) is 2. The van der Waals surface area contributed by atoms with Gasteiger partial charge in [-0.3, -0.25) is 19.8 Å². The number of aromatic nitrogens is 1. The van der Waals surface area contributed by atoms with E-state index < -0.39 is 10.5 Å². The maximum absolute atomic E-state index is 12.5. The van der Waals surface area contributed by atoms with E-state index in [-0.39, 0.29) is 30.0 Å². The fourth-order valence-corrected chi connectivity index (χ4v) is 3.32. The summed E-state index contributed by atoms with van der Waals surface area (Å²) in [6.07, 6.45) is 5.26. The third kappa shape index (κ3) is 2.89. The molecule has 9 nitrogen and oxygen atoms in total. The average molecular weight is 333 g/mol. The highest BCUT2D eigenvalue weighted by atomic mass is 16.6. The summed E-state index contributed by atoms with van der Waals surface area (Å²) >= 11 is 0. The Morgan fingerprint density at radius 3 is 2.83 bits per heavy atom. The van der Waals surface area contributed by atoms with Gasteiger partial charge in [-0.15, -0.1) is 0 Å². The van der Waals surface area contributed by atoms with Gasteiger partial charge in [0, 0.05) is 25.4 Å². The molecule has 2 heterocycles. The van der Waals surface area contributed by atoms with Crippen LogP contribution in [0, 0.1) is 10.1 Å². The van der Waals surface area contributed by atoms with Crippen molar-refractivity contribution in [2.75, 3.05) is 18.4 Å². The molecular formula is C15H19N5O4. The molecule has 1 saturated carbocycles. The number of pyridine rings is 1. The summed E-state index contributed by atoms with van der Waals surface area (Å²) in [5, 5.41) is 16.6. The lowest BCUT2D eigenvalue weighted by atomic mass is 9.98. The number of anilines is 1. The zero-order valence-electron chi connectivity index (χ0n) is 13.2. The Bertz CT molecular complexity index is 672. The van der Waals surface area contributed by atoms with Gasteiger partial charge in [0.2, 0.25) is 5.82 Å². The molecule has 1 aromatic heterocycles. The first kappa shape index (κ1) is 16.2. The lowest BCUT2D eigenvalue weighted by molar-refractivity contribution is -0.384. The van der Waals surface area contributed by atoms with Crippen LogP contribution in [0.5, 0.6) is 0 Å². The highest BCUT2D eigenvalue weighted by Crippen LogP contribution is 2.35. The average Bonchev–Trinajstić information content (AvgIpc) is 3.12. The maximum atomic E-state index is 12.5. The summed E-state index contributed by atoms with van der Waals surface area (Å²) < 4.78 is 0. The van der Waals surface area contributed by atoms with Crippen LogP contribution in [-0.4, -0.2) is 45.4 Å². The third-order valence-electron chi connectivity index (χ3n) is 4.54. The summed E-state index contributed by atoms with van der Waals surface area (Å²) in [4.78, 5) is 40.1. The van der Waals surface area contributed by atoms with Crippen LogP contribution in [0.4, 0.5) is 16.3 Å². The van der Waals surface area contributed by atoms with Crippen LogP contribution in [-0.2, 0) is 4.79 Å². The molecule has 24 heavy (non-hydrogen) atoms. The van der Waals surface area contributed by atoms with Gasteiger partial charge < -0.3 is 10.6 Å². The Hall–Kier alpha value is -2.71. The van der Waals surface area contributed by atoms with Gasteiger partial charge in [-0.1, -0.05) is 12.8 Å². The summed E-state index contributed by atoms with van der Waals surface area (Å²) in [5.74, 6) is 0.0424. The first-order chi connectivity index (χ1) is 11.5. The topological polar surface area (TPSA) is 117 Å². The van der Waals surface area contributed by atoms with Crippen molar-refractivity contribution in [3.05, 3.63) is 28.4 Å². The second-order valence-corrected chi connectivity index (χ2v) is 6.08. The second kappa shape index (κ2) is 6.42. The van der Waals surface area contributed by atoms with Crippen molar-refractivity contribution < 1.29 is 14.5 Å². The van der Waals surface area contributed by atoms with Crippen LogP contribution in [0.15, 0.2) is 18.3 Å². The molecule has 1 saturated heterocycles. The first-order valence-corrected chi connectivity index (χ1v) is 8.01. The Kier molecular flexibility index (Phi) is 4.32. The Morgan fingerprint density at radius 2 is 2.12 bits per heavy atom. The zero-order chi connectivity index (χ0) is 17.2. The molecule has 0 radical (unpaired) electrons. The van der Waals surface area contributed by atoms with E-state index >= 15 is 0 Å². The molecule has 0 bridgehead atoms.